The molecule has 0 saturated heterocycles. The molecule has 1 aromatic heterocycles. The molecule has 3 rings (SSSR count). The highest BCUT2D eigenvalue weighted by atomic mass is 16.5. The van der Waals surface area contributed by atoms with Crippen LogP contribution in [0.2, 0.25) is 0 Å². The number of benzene rings is 2. The van der Waals surface area contributed by atoms with E-state index in [1.807, 2.05) is 36.4 Å². The van der Waals surface area contributed by atoms with Crippen molar-refractivity contribution in [1.29, 1.82) is 0 Å². The van der Waals surface area contributed by atoms with E-state index in [0.717, 1.165) is 10.9 Å². The third-order valence-corrected chi connectivity index (χ3v) is 3.94. The number of esters is 1. The van der Waals surface area contributed by atoms with Gasteiger partial charge in [0.2, 0.25) is 0 Å². The summed E-state index contributed by atoms with van der Waals surface area (Å²) in [5.74, 6) is 0.846. The molecule has 0 bridgehead atoms. The van der Waals surface area contributed by atoms with Gasteiger partial charge >= 0.3 is 5.97 Å². The third kappa shape index (κ3) is 3.39. The van der Waals surface area contributed by atoms with E-state index in [-0.39, 0.29) is 6.61 Å². The molecule has 0 saturated carbocycles. The molecule has 0 aliphatic heterocycles. The summed E-state index contributed by atoms with van der Waals surface area (Å²) in [5.41, 5.74) is 2.46. The Hall–Kier alpha value is -3.28. The summed E-state index contributed by atoms with van der Waals surface area (Å²) in [5, 5.41) is 4.12. The Balaban J connectivity index is 2.13. The Labute approximate surface area is 151 Å². The number of aromatic nitrogens is 1. The first kappa shape index (κ1) is 17.5. The number of methoxy groups -OCH3 is 2. The van der Waals surface area contributed by atoms with Crippen molar-refractivity contribution in [2.75, 3.05) is 26.1 Å². The zero-order valence-electron chi connectivity index (χ0n) is 14.9. The van der Waals surface area contributed by atoms with Crippen molar-refractivity contribution >= 4 is 28.2 Å². The number of fused-ring (bicyclic) bond motifs is 1. The molecule has 3 aromatic rings. The van der Waals surface area contributed by atoms with Gasteiger partial charge in [-0.15, -0.1) is 0 Å². The van der Waals surface area contributed by atoms with Gasteiger partial charge in [-0.25, -0.2) is 4.79 Å². The first-order valence-electron chi connectivity index (χ1n) is 8.21. The van der Waals surface area contributed by atoms with E-state index in [4.69, 9.17) is 14.2 Å². The number of ether oxygens (including phenoxy) is 3. The average molecular weight is 352 g/mol. The highest BCUT2D eigenvalue weighted by Crippen LogP contribution is 2.35. The lowest BCUT2D eigenvalue weighted by Gasteiger charge is -2.16. The predicted molar refractivity (Wildman–Crippen MR) is 101 cm³/mol. The predicted octanol–water partition coefficient (Wildman–Crippen LogP) is 4.17. The van der Waals surface area contributed by atoms with Crippen molar-refractivity contribution in [1.82, 2.24) is 4.98 Å². The van der Waals surface area contributed by atoms with E-state index in [1.165, 1.54) is 6.20 Å². The molecular weight excluding hydrogens is 332 g/mol. The fourth-order valence-electron chi connectivity index (χ4n) is 2.68. The van der Waals surface area contributed by atoms with Gasteiger partial charge in [0.1, 0.15) is 17.1 Å². The zero-order valence-corrected chi connectivity index (χ0v) is 14.9. The van der Waals surface area contributed by atoms with Crippen LogP contribution in [0.4, 0.5) is 11.4 Å². The van der Waals surface area contributed by atoms with Crippen LogP contribution >= 0.6 is 0 Å². The van der Waals surface area contributed by atoms with Gasteiger partial charge in [-0.3, -0.25) is 4.98 Å². The fraction of sp³-hybridized carbons (Fsp3) is 0.200. The quantitative estimate of drug-likeness (QED) is 0.672. The van der Waals surface area contributed by atoms with Crippen molar-refractivity contribution in [2.45, 2.75) is 6.92 Å². The molecule has 0 amide bonds. The van der Waals surface area contributed by atoms with E-state index in [1.54, 1.807) is 27.2 Å². The maximum Gasteiger partial charge on any atom is 0.341 e. The molecule has 134 valence electrons. The Morgan fingerprint density at radius 2 is 1.92 bits per heavy atom. The molecule has 0 atom stereocenters. The van der Waals surface area contributed by atoms with Crippen LogP contribution in [0.15, 0.2) is 48.7 Å². The number of carbonyl (C=O) groups excluding carboxylic acids is 1. The number of anilines is 2. The van der Waals surface area contributed by atoms with Crippen LogP contribution in [0.5, 0.6) is 11.5 Å². The Morgan fingerprint density at radius 1 is 1.12 bits per heavy atom. The Morgan fingerprint density at radius 3 is 2.65 bits per heavy atom. The fourth-order valence-corrected chi connectivity index (χ4v) is 2.68. The van der Waals surface area contributed by atoms with Crippen LogP contribution in [0.25, 0.3) is 10.9 Å². The smallest absolute Gasteiger partial charge is 0.341 e. The first-order chi connectivity index (χ1) is 12.7. The highest BCUT2D eigenvalue weighted by Gasteiger charge is 2.18. The molecule has 0 aliphatic rings. The van der Waals surface area contributed by atoms with Crippen LogP contribution in [0.3, 0.4) is 0 Å². The number of hydrogen-bond acceptors (Lipinski definition) is 6. The standard InChI is InChI=1S/C20H20N2O4/c1-4-26-20(23)15-12-21-16-8-6-5-7-14(16)19(15)22-17-10-9-13(24-2)11-18(17)25-3/h5-12H,4H2,1-3H3,(H,21,22). The van der Waals surface area contributed by atoms with Gasteiger partial charge in [-0.05, 0) is 25.1 Å². The number of nitrogens with one attached hydrogen (secondary N) is 1. The van der Waals surface area contributed by atoms with Crippen LogP contribution in [-0.2, 0) is 4.74 Å². The van der Waals surface area contributed by atoms with Crippen molar-refractivity contribution in [2.24, 2.45) is 0 Å². The first-order valence-corrected chi connectivity index (χ1v) is 8.21. The van der Waals surface area contributed by atoms with Crippen molar-refractivity contribution in [3.63, 3.8) is 0 Å². The maximum atomic E-state index is 12.4. The summed E-state index contributed by atoms with van der Waals surface area (Å²) in [7, 11) is 3.17. The lowest BCUT2D eigenvalue weighted by molar-refractivity contribution is 0.0527. The number of pyridine rings is 1. The highest BCUT2D eigenvalue weighted by molar-refractivity contribution is 6.06. The summed E-state index contributed by atoms with van der Waals surface area (Å²) in [6.07, 6.45) is 1.53. The van der Waals surface area contributed by atoms with Gasteiger partial charge in [-0.2, -0.15) is 0 Å². The average Bonchev–Trinajstić information content (AvgIpc) is 2.68. The molecule has 1 heterocycles. The molecular formula is C20H20N2O4. The van der Waals surface area contributed by atoms with E-state index >= 15 is 0 Å². The zero-order chi connectivity index (χ0) is 18.5. The van der Waals surface area contributed by atoms with Gasteiger partial charge in [0.15, 0.2) is 0 Å². The van der Waals surface area contributed by atoms with Gasteiger partial charge < -0.3 is 19.5 Å². The maximum absolute atomic E-state index is 12.4. The third-order valence-electron chi connectivity index (χ3n) is 3.94. The number of carbonyl (C=O) groups is 1. The normalized spacial score (nSPS) is 10.4. The minimum atomic E-state index is -0.430. The summed E-state index contributed by atoms with van der Waals surface area (Å²) in [4.78, 5) is 16.8. The minimum Gasteiger partial charge on any atom is -0.497 e. The van der Waals surface area contributed by atoms with Crippen LogP contribution in [0, 0.1) is 0 Å². The SMILES string of the molecule is CCOC(=O)c1cnc2ccccc2c1Nc1ccc(OC)cc1OC. The number of hydrogen-bond donors (Lipinski definition) is 1. The van der Waals surface area contributed by atoms with E-state index in [9.17, 15) is 4.79 Å². The Bertz CT molecular complexity index is 940. The van der Waals surface area contributed by atoms with Crippen molar-refractivity contribution in [3.05, 3.63) is 54.2 Å². The van der Waals surface area contributed by atoms with Gasteiger partial charge in [0.05, 0.1) is 37.7 Å². The molecule has 6 heteroatoms. The Kier molecular flexibility index (Phi) is 5.22. The van der Waals surface area contributed by atoms with Crippen LogP contribution in [-0.4, -0.2) is 31.8 Å². The topological polar surface area (TPSA) is 69.7 Å². The number of nitrogens with zero attached hydrogens (tertiary/aromatic N) is 1. The summed E-state index contributed by atoms with van der Waals surface area (Å²) in [6.45, 7) is 2.06. The molecule has 0 spiro atoms. The van der Waals surface area contributed by atoms with Crippen molar-refractivity contribution in [3.8, 4) is 11.5 Å². The summed E-state index contributed by atoms with van der Waals surface area (Å²) < 4.78 is 15.9. The van der Waals surface area contributed by atoms with Gasteiger partial charge in [-0.1, -0.05) is 18.2 Å². The molecule has 6 nitrogen and oxygen atoms in total. The van der Waals surface area contributed by atoms with E-state index < -0.39 is 5.97 Å². The molecule has 0 radical (unpaired) electrons. The summed E-state index contributed by atoms with van der Waals surface area (Å²) >= 11 is 0. The second-order valence-electron chi connectivity index (χ2n) is 5.48. The lowest BCUT2D eigenvalue weighted by atomic mass is 10.1. The molecule has 0 aliphatic carbocycles. The van der Waals surface area contributed by atoms with Crippen LogP contribution in [0.1, 0.15) is 17.3 Å². The molecule has 2 aromatic carbocycles. The number of rotatable bonds is 6. The largest absolute Gasteiger partial charge is 0.497 e. The molecule has 0 unspecified atom stereocenters. The lowest BCUT2D eigenvalue weighted by Crippen LogP contribution is -2.09. The molecule has 26 heavy (non-hydrogen) atoms. The number of para-hydroxylation sites is 1. The molecule has 0 fully saturated rings. The van der Waals surface area contributed by atoms with Crippen molar-refractivity contribution < 1.29 is 19.0 Å². The minimum absolute atomic E-state index is 0.289. The summed E-state index contributed by atoms with van der Waals surface area (Å²) in [6, 6.07) is 13.0. The van der Waals surface area contributed by atoms with Gasteiger partial charge in [0.25, 0.3) is 0 Å². The van der Waals surface area contributed by atoms with E-state index in [2.05, 4.69) is 10.3 Å². The second-order valence-corrected chi connectivity index (χ2v) is 5.48. The van der Waals surface area contributed by atoms with Crippen LogP contribution < -0.4 is 14.8 Å². The van der Waals surface area contributed by atoms with Gasteiger partial charge in [0, 0.05) is 17.6 Å². The monoisotopic (exact) mass is 352 g/mol. The second kappa shape index (κ2) is 7.74. The molecule has 1 N–H and O–H groups in total. The van der Waals surface area contributed by atoms with E-state index in [0.29, 0.717) is 28.4 Å².